The van der Waals surface area contributed by atoms with Gasteiger partial charge in [-0.2, -0.15) is 0 Å². The van der Waals surface area contributed by atoms with Crippen LogP contribution >= 0.6 is 0 Å². The Balaban J connectivity index is 2.28. The van der Waals surface area contributed by atoms with E-state index >= 15 is 0 Å². The fourth-order valence-electron chi connectivity index (χ4n) is 0.359. The molecule has 0 spiro atoms. The lowest BCUT2D eigenvalue weighted by Gasteiger charge is -1.61. The molecule has 0 bridgehead atoms. The van der Waals surface area contributed by atoms with Gasteiger partial charge in [-0.15, -0.1) is 0 Å². The van der Waals surface area contributed by atoms with E-state index in [-0.39, 0.29) is 0 Å². The summed E-state index contributed by atoms with van der Waals surface area (Å²) < 4.78 is 0. The molecule has 7 heavy (non-hydrogen) atoms. The summed E-state index contributed by atoms with van der Waals surface area (Å²) in [6, 6.07) is 0. The van der Waals surface area contributed by atoms with Crippen molar-refractivity contribution in [2.24, 2.45) is 5.92 Å². The van der Waals surface area contributed by atoms with E-state index in [4.69, 9.17) is 0 Å². The molecule has 1 saturated carbocycles. The second-order valence-electron chi connectivity index (χ2n) is 1.65. The molecular weight excluding hydrogens is 88.1 g/mol. The molecule has 1 heteroatoms. The molecule has 0 aromatic carbocycles. The zero-order chi connectivity index (χ0) is 5.11. The van der Waals surface area contributed by atoms with Crippen molar-refractivity contribution in [2.75, 3.05) is 0 Å². The number of rotatable bonds is 0. The van der Waals surface area contributed by atoms with Crippen LogP contribution in [0.1, 0.15) is 12.8 Å². The molecule has 0 saturated heterocycles. The van der Waals surface area contributed by atoms with Gasteiger partial charge in [-0.3, -0.25) is 4.79 Å². The maximum atomic E-state index is 9.44. The molecule has 0 aliphatic heterocycles. The Morgan fingerprint density at radius 3 is 2.57 bits per heavy atom. The zero-order valence-corrected chi connectivity index (χ0v) is 3.90. The lowest BCUT2D eigenvalue weighted by atomic mass is 10.4. The Kier molecular flexibility index (Phi) is 1.12. The third-order valence-electron chi connectivity index (χ3n) is 0.905. The van der Waals surface area contributed by atoms with E-state index in [0.29, 0.717) is 5.92 Å². The smallest absolute Gasteiger partial charge is 0.275 e. The number of hydrogen-bond donors (Lipinski definition) is 0. The molecule has 1 rings (SSSR count). The summed E-state index contributed by atoms with van der Waals surface area (Å²) in [5.41, 5.74) is 0. The van der Waals surface area contributed by atoms with E-state index in [1.54, 1.807) is 0 Å². The molecule has 35 valence electrons. The third kappa shape index (κ3) is 1.41. The van der Waals surface area contributed by atoms with Gasteiger partial charge in [0.25, 0.3) is 6.29 Å². The molecule has 1 fully saturated rings. The molecule has 0 atom stereocenters. The van der Waals surface area contributed by atoms with E-state index < -0.39 is 0 Å². The highest BCUT2D eigenvalue weighted by Crippen LogP contribution is 2.27. The van der Waals surface area contributed by atoms with Gasteiger partial charge >= 0.3 is 0 Å². The van der Waals surface area contributed by atoms with Crippen molar-refractivity contribution in [3.8, 4) is 11.8 Å². The average molecular weight is 93.1 g/mol. The van der Waals surface area contributed by atoms with Gasteiger partial charge in [0.05, 0.1) is 0 Å². The van der Waals surface area contributed by atoms with Gasteiger partial charge in [-0.1, -0.05) is 5.92 Å². The second kappa shape index (κ2) is 1.79. The largest absolute Gasteiger partial charge is 0.284 e. The van der Waals surface area contributed by atoms with Crippen LogP contribution in [-0.2, 0) is 4.79 Å². The Hall–Kier alpha value is -0.770. The summed E-state index contributed by atoms with van der Waals surface area (Å²) in [4.78, 5) is 9.44. The third-order valence-corrected chi connectivity index (χ3v) is 0.905. The molecule has 0 aromatic heterocycles. The van der Waals surface area contributed by atoms with Crippen LogP contribution in [0.3, 0.4) is 0 Å². The van der Waals surface area contributed by atoms with Crippen molar-refractivity contribution in [3.05, 3.63) is 0 Å². The first-order valence-electron chi connectivity index (χ1n) is 2.31. The second-order valence-corrected chi connectivity index (χ2v) is 1.65. The average Bonchev–Trinajstić information content (AvgIpc) is 2.42. The van der Waals surface area contributed by atoms with Crippen LogP contribution in [0.4, 0.5) is 0 Å². The predicted molar refractivity (Wildman–Crippen MR) is 26.2 cm³/mol. The molecule has 0 N–H and O–H groups in total. The molecule has 1 aliphatic rings. The van der Waals surface area contributed by atoms with Gasteiger partial charge in [0.15, 0.2) is 0 Å². The zero-order valence-electron chi connectivity index (χ0n) is 3.90. The summed E-state index contributed by atoms with van der Waals surface area (Å²) in [6.07, 6.45) is 3.88. The standard InChI is InChI=1S/C6H5O/c7-5-1-2-6-3-4-6/h6H,3-4H2. The summed E-state index contributed by atoms with van der Waals surface area (Å²) in [5, 5.41) is 0. The van der Waals surface area contributed by atoms with Crippen LogP contribution < -0.4 is 0 Å². The quantitative estimate of drug-likeness (QED) is 0.399. The van der Waals surface area contributed by atoms with Crippen LogP contribution in [0.25, 0.3) is 0 Å². The van der Waals surface area contributed by atoms with Crippen molar-refractivity contribution in [1.29, 1.82) is 0 Å². The van der Waals surface area contributed by atoms with E-state index in [0.717, 1.165) is 0 Å². The van der Waals surface area contributed by atoms with Crippen molar-refractivity contribution in [3.63, 3.8) is 0 Å². The van der Waals surface area contributed by atoms with E-state index in [2.05, 4.69) is 11.8 Å². The van der Waals surface area contributed by atoms with Gasteiger partial charge < -0.3 is 0 Å². The maximum absolute atomic E-state index is 9.44. The number of hydrogen-bond acceptors (Lipinski definition) is 1. The van der Waals surface area contributed by atoms with Crippen LogP contribution in [0.5, 0.6) is 0 Å². The summed E-state index contributed by atoms with van der Waals surface area (Å²) in [6.45, 7) is 0. The highest BCUT2D eigenvalue weighted by atomic mass is 16.1. The molecule has 1 aliphatic carbocycles. The Morgan fingerprint density at radius 1 is 1.43 bits per heavy atom. The Bertz CT molecular complexity index is 123. The highest BCUT2D eigenvalue weighted by molar-refractivity contribution is 5.73. The van der Waals surface area contributed by atoms with E-state index in [1.807, 2.05) is 0 Å². The van der Waals surface area contributed by atoms with Crippen LogP contribution in [-0.4, -0.2) is 6.29 Å². The van der Waals surface area contributed by atoms with E-state index in [9.17, 15) is 4.79 Å². The van der Waals surface area contributed by atoms with Gasteiger partial charge in [0, 0.05) is 5.92 Å². The van der Waals surface area contributed by atoms with E-state index in [1.165, 1.54) is 19.1 Å². The first kappa shape index (κ1) is 4.39. The first-order chi connectivity index (χ1) is 3.43. The lowest BCUT2D eigenvalue weighted by molar-refractivity contribution is 0.565. The summed E-state index contributed by atoms with van der Waals surface area (Å²) >= 11 is 0. The molecule has 1 radical (unpaired) electrons. The normalized spacial score (nSPS) is 17.1. The monoisotopic (exact) mass is 93.0 g/mol. The summed E-state index contributed by atoms with van der Waals surface area (Å²) in [7, 11) is 0. The maximum Gasteiger partial charge on any atom is 0.284 e. The van der Waals surface area contributed by atoms with Crippen LogP contribution in [0, 0.1) is 17.8 Å². The number of carbonyl (C=O) groups excluding carboxylic acids is 1. The minimum Gasteiger partial charge on any atom is -0.275 e. The first-order valence-corrected chi connectivity index (χ1v) is 2.31. The van der Waals surface area contributed by atoms with Crippen molar-refractivity contribution < 1.29 is 4.79 Å². The van der Waals surface area contributed by atoms with Gasteiger partial charge in [-0.25, -0.2) is 0 Å². The fraction of sp³-hybridized carbons (Fsp3) is 0.500. The van der Waals surface area contributed by atoms with Crippen molar-refractivity contribution in [1.82, 2.24) is 0 Å². The summed E-state index contributed by atoms with van der Waals surface area (Å²) in [5.74, 6) is 5.52. The molecule has 0 amide bonds. The minimum atomic E-state index is 0.529. The van der Waals surface area contributed by atoms with Gasteiger partial charge in [0.1, 0.15) is 0 Å². The van der Waals surface area contributed by atoms with Gasteiger partial charge in [0.2, 0.25) is 0 Å². The van der Waals surface area contributed by atoms with Crippen LogP contribution in [0.2, 0.25) is 0 Å². The molecule has 0 heterocycles. The SMILES string of the molecule is O=[C]C#CC1CC1. The van der Waals surface area contributed by atoms with Gasteiger partial charge in [-0.05, 0) is 18.8 Å². The fourth-order valence-corrected chi connectivity index (χ4v) is 0.359. The Morgan fingerprint density at radius 2 is 2.14 bits per heavy atom. The van der Waals surface area contributed by atoms with Crippen LogP contribution in [0.15, 0.2) is 0 Å². The minimum absolute atomic E-state index is 0.529. The van der Waals surface area contributed by atoms with Crippen molar-refractivity contribution in [2.45, 2.75) is 12.8 Å². The lowest BCUT2D eigenvalue weighted by Crippen LogP contribution is -1.62. The predicted octanol–water partition coefficient (Wildman–Crippen LogP) is 0.509. The molecule has 0 aromatic rings. The van der Waals surface area contributed by atoms with Crippen molar-refractivity contribution >= 4 is 6.29 Å². The topological polar surface area (TPSA) is 17.1 Å². The molecular formula is C6H5O. The Labute approximate surface area is 42.7 Å². The highest BCUT2D eigenvalue weighted by Gasteiger charge is 2.17. The molecule has 1 nitrogen and oxygen atoms in total. The molecule has 0 unspecified atom stereocenters.